The van der Waals surface area contributed by atoms with Crippen molar-refractivity contribution in [2.24, 2.45) is 12.5 Å². The zero-order chi connectivity index (χ0) is 18.3. The van der Waals surface area contributed by atoms with Gasteiger partial charge in [-0.2, -0.15) is 9.40 Å². The van der Waals surface area contributed by atoms with Crippen molar-refractivity contribution >= 4 is 15.9 Å². The molecule has 0 bridgehead atoms. The van der Waals surface area contributed by atoms with Crippen LogP contribution in [0, 0.1) is 19.3 Å². The number of aryl methyl sites for hydroxylation is 2. The molecule has 2 heterocycles. The largest absolute Gasteiger partial charge is 0.340 e. The smallest absolute Gasteiger partial charge is 0.246 e. The van der Waals surface area contributed by atoms with E-state index in [9.17, 15) is 13.2 Å². The number of aromatic nitrogens is 2. The third-order valence-corrected chi connectivity index (χ3v) is 6.47. The third-order valence-electron chi connectivity index (χ3n) is 4.31. The van der Waals surface area contributed by atoms with E-state index >= 15 is 0 Å². The molecular weight excluding hydrogens is 328 g/mol. The van der Waals surface area contributed by atoms with E-state index < -0.39 is 10.0 Å². The Labute approximate surface area is 144 Å². The van der Waals surface area contributed by atoms with E-state index in [1.165, 1.54) is 4.31 Å². The summed E-state index contributed by atoms with van der Waals surface area (Å²) in [7, 11) is -1.83. The van der Waals surface area contributed by atoms with Crippen molar-refractivity contribution < 1.29 is 13.2 Å². The van der Waals surface area contributed by atoms with Gasteiger partial charge in [-0.1, -0.05) is 20.8 Å². The Morgan fingerprint density at radius 1 is 1.12 bits per heavy atom. The summed E-state index contributed by atoms with van der Waals surface area (Å²) in [4.78, 5) is 14.4. The van der Waals surface area contributed by atoms with Crippen LogP contribution in [0.3, 0.4) is 0 Å². The van der Waals surface area contributed by atoms with Crippen LogP contribution in [0.5, 0.6) is 0 Å². The maximum atomic E-state index is 12.9. The van der Waals surface area contributed by atoms with E-state index in [0.717, 1.165) is 0 Å². The van der Waals surface area contributed by atoms with Crippen molar-refractivity contribution in [1.29, 1.82) is 0 Å². The van der Waals surface area contributed by atoms with Crippen LogP contribution < -0.4 is 0 Å². The second-order valence-corrected chi connectivity index (χ2v) is 9.52. The molecule has 2 rings (SSSR count). The number of carbonyl (C=O) groups excluding carboxylic acids is 1. The zero-order valence-electron chi connectivity index (χ0n) is 15.5. The van der Waals surface area contributed by atoms with E-state index in [1.807, 2.05) is 20.8 Å². The Bertz CT molecular complexity index is 723. The molecule has 1 fully saturated rings. The first-order chi connectivity index (χ1) is 10.9. The molecule has 1 aliphatic heterocycles. The highest BCUT2D eigenvalue weighted by molar-refractivity contribution is 7.89. The predicted octanol–water partition coefficient (Wildman–Crippen LogP) is 1.31. The van der Waals surface area contributed by atoms with Gasteiger partial charge in [0, 0.05) is 39.6 Å². The molecule has 0 aromatic carbocycles. The molecule has 1 aromatic rings. The van der Waals surface area contributed by atoms with Crippen LogP contribution in [0.15, 0.2) is 4.90 Å². The Kier molecular flexibility index (Phi) is 5.11. The van der Waals surface area contributed by atoms with Gasteiger partial charge in [0.2, 0.25) is 15.9 Å². The predicted molar refractivity (Wildman–Crippen MR) is 92.1 cm³/mol. The van der Waals surface area contributed by atoms with Gasteiger partial charge in [-0.15, -0.1) is 0 Å². The van der Waals surface area contributed by atoms with Crippen LogP contribution in [-0.4, -0.2) is 59.5 Å². The molecule has 8 heteroatoms. The molecule has 0 saturated carbocycles. The summed E-state index contributed by atoms with van der Waals surface area (Å²) in [6.45, 7) is 11.1. The molecule has 0 aliphatic carbocycles. The van der Waals surface area contributed by atoms with Crippen molar-refractivity contribution in [1.82, 2.24) is 19.0 Å². The van der Waals surface area contributed by atoms with Gasteiger partial charge in [-0.3, -0.25) is 9.48 Å². The number of sulfonamides is 1. The third kappa shape index (κ3) is 3.80. The van der Waals surface area contributed by atoms with Gasteiger partial charge in [-0.25, -0.2) is 8.42 Å². The molecule has 0 radical (unpaired) electrons. The highest BCUT2D eigenvalue weighted by Crippen LogP contribution is 2.25. The van der Waals surface area contributed by atoms with Crippen molar-refractivity contribution in [2.45, 2.75) is 45.9 Å². The SMILES string of the molecule is Cc1nn(C)c(C)c1S(=O)(=O)N1CCN(C(=O)CC(C)(C)C)CC1. The quantitative estimate of drug-likeness (QED) is 0.818. The number of carbonyl (C=O) groups is 1. The fourth-order valence-corrected chi connectivity index (χ4v) is 4.82. The lowest BCUT2D eigenvalue weighted by atomic mass is 9.91. The molecule has 0 atom stereocenters. The topological polar surface area (TPSA) is 75.5 Å². The highest BCUT2D eigenvalue weighted by atomic mass is 32.2. The first kappa shape index (κ1) is 18.9. The van der Waals surface area contributed by atoms with Gasteiger partial charge < -0.3 is 4.90 Å². The van der Waals surface area contributed by atoms with Gasteiger partial charge in [0.25, 0.3) is 0 Å². The van der Waals surface area contributed by atoms with E-state index in [1.54, 1.807) is 30.5 Å². The number of amides is 1. The van der Waals surface area contributed by atoms with Crippen molar-refractivity contribution in [2.75, 3.05) is 26.2 Å². The van der Waals surface area contributed by atoms with Crippen LogP contribution >= 0.6 is 0 Å². The molecule has 1 aliphatic rings. The van der Waals surface area contributed by atoms with Crippen LogP contribution in [-0.2, 0) is 21.9 Å². The number of hydrogen-bond acceptors (Lipinski definition) is 4. The minimum Gasteiger partial charge on any atom is -0.340 e. The van der Waals surface area contributed by atoms with E-state index in [4.69, 9.17) is 0 Å². The van der Waals surface area contributed by atoms with Crippen molar-refractivity contribution in [3.63, 3.8) is 0 Å². The average Bonchev–Trinajstić information content (AvgIpc) is 2.70. The van der Waals surface area contributed by atoms with Gasteiger partial charge in [-0.05, 0) is 19.3 Å². The summed E-state index contributed by atoms with van der Waals surface area (Å²) in [6.07, 6.45) is 0.473. The fraction of sp³-hybridized carbons (Fsp3) is 0.750. The molecule has 0 spiro atoms. The van der Waals surface area contributed by atoms with E-state index in [-0.39, 0.29) is 11.3 Å². The molecular formula is C16H28N4O3S. The van der Waals surface area contributed by atoms with Crippen molar-refractivity contribution in [3.8, 4) is 0 Å². The standard InChI is InChI=1S/C16H28N4O3S/c1-12-15(13(2)18(6)17-12)24(22,23)20-9-7-19(8-10-20)14(21)11-16(3,4)5/h7-11H2,1-6H3. The maximum Gasteiger partial charge on any atom is 0.246 e. The second-order valence-electron chi connectivity index (χ2n) is 7.65. The minimum atomic E-state index is -3.57. The Morgan fingerprint density at radius 2 is 1.67 bits per heavy atom. The van der Waals surface area contributed by atoms with E-state index in [0.29, 0.717) is 48.9 Å². The first-order valence-corrected chi connectivity index (χ1v) is 9.65. The van der Waals surface area contributed by atoms with Crippen LogP contribution in [0.2, 0.25) is 0 Å². The number of piperazine rings is 1. The summed E-state index contributed by atoms with van der Waals surface area (Å²) in [5, 5.41) is 4.20. The summed E-state index contributed by atoms with van der Waals surface area (Å²) in [5.74, 6) is 0.0910. The van der Waals surface area contributed by atoms with Gasteiger partial charge >= 0.3 is 0 Å². The lowest BCUT2D eigenvalue weighted by molar-refractivity contribution is -0.134. The van der Waals surface area contributed by atoms with Gasteiger partial charge in [0.15, 0.2) is 0 Å². The monoisotopic (exact) mass is 356 g/mol. The molecule has 24 heavy (non-hydrogen) atoms. The Morgan fingerprint density at radius 3 is 2.08 bits per heavy atom. The fourth-order valence-electron chi connectivity index (χ4n) is 3.00. The number of hydrogen-bond donors (Lipinski definition) is 0. The minimum absolute atomic E-state index is 0.0653. The summed E-state index contributed by atoms with van der Waals surface area (Å²) >= 11 is 0. The lowest BCUT2D eigenvalue weighted by Gasteiger charge is -2.35. The molecule has 136 valence electrons. The molecule has 7 nitrogen and oxygen atoms in total. The van der Waals surface area contributed by atoms with E-state index in [2.05, 4.69) is 5.10 Å². The molecule has 0 unspecified atom stereocenters. The molecule has 1 amide bonds. The van der Waals surface area contributed by atoms with Gasteiger partial charge in [0.05, 0.1) is 11.4 Å². The Balaban J connectivity index is 2.10. The first-order valence-electron chi connectivity index (χ1n) is 8.21. The van der Waals surface area contributed by atoms with Crippen molar-refractivity contribution in [3.05, 3.63) is 11.4 Å². The average molecular weight is 356 g/mol. The summed E-state index contributed by atoms with van der Waals surface area (Å²) in [5.41, 5.74) is 1.09. The highest BCUT2D eigenvalue weighted by Gasteiger charge is 2.34. The Hall–Kier alpha value is -1.41. The molecule has 1 aromatic heterocycles. The molecule has 0 N–H and O–H groups in total. The summed E-state index contributed by atoms with van der Waals surface area (Å²) < 4.78 is 28.9. The second kappa shape index (κ2) is 6.48. The lowest BCUT2D eigenvalue weighted by Crippen LogP contribution is -2.51. The number of nitrogens with zero attached hydrogens (tertiary/aromatic N) is 4. The maximum absolute atomic E-state index is 12.9. The van der Waals surface area contributed by atoms with Gasteiger partial charge in [0.1, 0.15) is 4.90 Å². The van der Waals surface area contributed by atoms with Crippen LogP contribution in [0.4, 0.5) is 0 Å². The summed E-state index contributed by atoms with van der Waals surface area (Å²) in [6, 6.07) is 0. The van der Waals surface area contributed by atoms with Crippen LogP contribution in [0.25, 0.3) is 0 Å². The normalized spacial score (nSPS) is 17.3. The molecule has 1 saturated heterocycles. The van der Waals surface area contributed by atoms with Crippen LogP contribution in [0.1, 0.15) is 38.6 Å². The zero-order valence-corrected chi connectivity index (χ0v) is 16.3. The number of rotatable bonds is 3.